The number of nitrogens with one attached hydrogen (secondary N) is 1. The number of carbonyl (C=O) groups is 1. The minimum atomic E-state index is -0.394. The van der Waals surface area contributed by atoms with E-state index in [2.05, 4.69) is 20.2 Å². The number of thiazole rings is 1. The summed E-state index contributed by atoms with van der Waals surface area (Å²) in [6.07, 6.45) is 6.65. The maximum atomic E-state index is 13.3. The second-order valence-electron chi connectivity index (χ2n) is 6.14. The lowest BCUT2D eigenvalue weighted by molar-refractivity contribution is 0.0620. The summed E-state index contributed by atoms with van der Waals surface area (Å²) in [5.74, 6) is 0.0503. The smallest absolute Gasteiger partial charge is 0.280 e. The largest absolute Gasteiger partial charge is 0.346 e. The quantitative estimate of drug-likeness (QED) is 0.936. The van der Waals surface area contributed by atoms with Crippen LogP contribution >= 0.6 is 11.3 Å². The van der Waals surface area contributed by atoms with Crippen molar-refractivity contribution < 1.29 is 9.18 Å². The number of rotatable bonds is 3. The fourth-order valence-corrected chi connectivity index (χ4v) is 4.22. The Kier molecular flexibility index (Phi) is 3.82. The van der Waals surface area contributed by atoms with E-state index in [-0.39, 0.29) is 11.9 Å². The zero-order chi connectivity index (χ0) is 15.8. The highest BCUT2D eigenvalue weighted by molar-refractivity contribution is 7.16. The number of hydrogen-bond donors (Lipinski definition) is 1. The molecule has 3 aliphatic heterocycles. The molecule has 0 radical (unpaired) electrons. The number of halogens is 1. The third-order valence-electron chi connectivity index (χ3n) is 4.66. The van der Waals surface area contributed by atoms with Gasteiger partial charge in [0.25, 0.3) is 5.91 Å². The molecule has 0 spiro atoms. The molecular weight excluding hydrogens is 315 g/mol. The van der Waals surface area contributed by atoms with Gasteiger partial charge in [0.2, 0.25) is 0 Å². The number of hydrogen-bond acceptors (Lipinski definition) is 5. The molecule has 23 heavy (non-hydrogen) atoms. The Balaban J connectivity index is 1.47. The van der Waals surface area contributed by atoms with Gasteiger partial charge in [-0.05, 0) is 37.9 Å². The fourth-order valence-electron chi connectivity index (χ4n) is 3.42. The number of carbonyl (C=O) groups excluding carboxylic acids is 1. The zero-order valence-electron chi connectivity index (χ0n) is 12.5. The minimum absolute atomic E-state index is 0.135. The first-order valence-corrected chi connectivity index (χ1v) is 8.60. The van der Waals surface area contributed by atoms with Crippen molar-refractivity contribution in [2.45, 2.75) is 18.9 Å². The second-order valence-corrected chi connectivity index (χ2v) is 7.17. The molecule has 0 aliphatic carbocycles. The van der Waals surface area contributed by atoms with Gasteiger partial charge in [-0.3, -0.25) is 9.78 Å². The Morgan fingerprint density at radius 2 is 2.13 bits per heavy atom. The molecule has 0 saturated carbocycles. The van der Waals surface area contributed by atoms with Crippen LogP contribution in [0.2, 0.25) is 0 Å². The molecule has 3 aliphatic rings. The molecule has 0 aromatic carbocycles. The highest BCUT2D eigenvalue weighted by Gasteiger charge is 2.35. The van der Waals surface area contributed by atoms with E-state index in [1.54, 1.807) is 12.4 Å². The maximum absolute atomic E-state index is 13.3. The minimum Gasteiger partial charge on any atom is -0.346 e. The molecule has 5 heterocycles. The van der Waals surface area contributed by atoms with Crippen LogP contribution in [0.15, 0.2) is 24.7 Å². The number of amides is 1. The first kappa shape index (κ1) is 14.7. The Morgan fingerprint density at radius 1 is 1.30 bits per heavy atom. The van der Waals surface area contributed by atoms with E-state index in [1.807, 2.05) is 0 Å². The molecule has 5 rings (SSSR count). The topological polar surface area (TPSA) is 58.1 Å². The summed E-state index contributed by atoms with van der Waals surface area (Å²) < 4.78 is 13.3. The highest BCUT2D eigenvalue weighted by Crippen LogP contribution is 2.29. The van der Waals surface area contributed by atoms with Crippen LogP contribution in [0.3, 0.4) is 0 Å². The van der Waals surface area contributed by atoms with Gasteiger partial charge in [0.15, 0.2) is 5.01 Å². The molecule has 120 valence electrons. The molecule has 3 fully saturated rings. The van der Waals surface area contributed by atoms with E-state index in [0.29, 0.717) is 16.5 Å². The standard InChI is InChI=1S/C16H17FN4OS/c17-12-5-11(6-18-7-12)14-8-19-16(23-14)15(22)20-13-9-21-3-1-10(13)2-4-21/h5-8,10,13H,1-4,9H2,(H,20,22)/t13-/m0/s1. The lowest BCUT2D eigenvalue weighted by atomic mass is 9.84. The summed E-state index contributed by atoms with van der Waals surface area (Å²) in [6, 6.07) is 1.61. The molecule has 0 unspecified atom stereocenters. The Bertz CT molecular complexity index is 726. The zero-order valence-corrected chi connectivity index (χ0v) is 13.4. The van der Waals surface area contributed by atoms with Crippen molar-refractivity contribution in [1.82, 2.24) is 20.2 Å². The van der Waals surface area contributed by atoms with E-state index in [0.717, 1.165) is 43.5 Å². The van der Waals surface area contributed by atoms with Crippen LogP contribution in [0.5, 0.6) is 0 Å². The van der Waals surface area contributed by atoms with Crippen LogP contribution in [-0.2, 0) is 0 Å². The number of pyridine rings is 1. The summed E-state index contributed by atoms with van der Waals surface area (Å²) in [4.78, 5) is 23.6. The Hall–Kier alpha value is -1.86. The second kappa shape index (κ2) is 5.98. The summed E-state index contributed by atoms with van der Waals surface area (Å²) in [7, 11) is 0. The number of fused-ring (bicyclic) bond motifs is 3. The van der Waals surface area contributed by atoms with Gasteiger partial charge in [0.05, 0.1) is 11.1 Å². The molecule has 2 aromatic heterocycles. The molecule has 1 amide bonds. The third-order valence-corrected chi connectivity index (χ3v) is 5.71. The van der Waals surface area contributed by atoms with Crippen LogP contribution in [0.4, 0.5) is 4.39 Å². The van der Waals surface area contributed by atoms with Gasteiger partial charge in [0.1, 0.15) is 5.82 Å². The number of piperidine rings is 3. The molecular formula is C16H17FN4OS. The van der Waals surface area contributed by atoms with Gasteiger partial charge < -0.3 is 10.2 Å². The van der Waals surface area contributed by atoms with Crippen molar-refractivity contribution in [3.63, 3.8) is 0 Å². The average molecular weight is 332 g/mol. The van der Waals surface area contributed by atoms with E-state index in [9.17, 15) is 9.18 Å². The van der Waals surface area contributed by atoms with E-state index in [1.165, 1.54) is 17.4 Å². The summed E-state index contributed by atoms with van der Waals surface area (Å²) >= 11 is 1.27. The van der Waals surface area contributed by atoms with Gasteiger partial charge in [-0.2, -0.15) is 0 Å². The molecule has 7 heteroatoms. The average Bonchev–Trinajstić information content (AvgIpc) is 3.06. The van der Waals surface area contributed by atoms with Crippen LogP contribution < -0.4 is 5.32 Å². The van der Waals surface area contributed by atoms with Crippen molar-refractivity contribution in [3.8, 4) is 10.4 Å². The van der Waals surface area contributed by atoms with Crippen LogP contribution in [0, 0.1) is 11.7 Å². The van der Waals surface area contributed by atoms with Gasteiger partial charge >= 0.3 is 0 Å². The van der Waals surface area contributed by atoms with Gasteiger partial charge in [0, 0.05) is 30.5 Å². The number of nitrogens with zero attached hydrogens (tertiary/aromatic N) is 3. The molecule has 2 aromatic rings. The molecule has 1 N–H and O–H groups in total. The van der Waals surface area contributed by atoms with Crippen LogP contribution in [0.25, 0.3) is 10.4 Å². The predicted molar refractivity (Wildman–Crippen MR) is 85.7 cm³/mol. The SMILES string of the molecule is O=C(N[C@H]1CN2CCC1CC2)c1ncc(-c2cncc(F)c2)s1. The van der Waals surface area contributed by atoms with Gasteiger partial charge in [-0.15, -0.1) is 11.3 Å². The van der Waals surface area contributed by atoms with Crippen LogP contribution in [0.1, 0.15) is 22.6 Å². The van der Waals surface area contributed by atoms with Crippen LogP contribution in [-0.4, -0.2) is 46.5 Å². The predicted octanol–water partition coefficient (Wildman–Crippen LogP) is 2.17. The first-order chi connectivity index (χ1) is 11.2. The van der Waals surface area contributed by atoms with E-state index < -0.39 is 5.82 Å². The maximum Gasteiger partial charge on any atom is 0.280 e. The lowest BCUT2D eigenvalue weighted by Crippen LogP contribution is -2.57. The summed E-state index contributed by atoms with van der Waals surface area (Å²) in [6.45, 7) is 3.22. The molecule has 5 nitrogen and oxygen atoms in total. The molecule has 2 bridgehead atoms. The van der Waals surface area contributed by atoms with Crippen molar-refractivity contribution in [2.75, 3.05) is 19.6 Å². The van der Waals surface area contributed by atoms with Gasteiger partial charge in [-0.1, -0.05) is 0 Å². The normalized spacial score (nSPS) is 26.2. The third kappa shape index (κ3) is 2.98. The van der Waals surface area contributed by atoms with Crippen molar-refractivity contribution in [2.24, 2.45) is 5.92 Å². The highest BCUT2D eigenvalue weighted by atomic mass is 32.1. The van der Waals surface area contributed by atoms with Crippen molar-refractivity contribution in [1.29, 1.82) is 0 Å². The summed E-state index contributed by atoms with van der Waals surface area (Å²) in [5, 5.41) is 3.54. The Morgan fingerprint density at radius 3 is 2.83 bits per heavy atom. The summed E-state index contributed by atoms with van der Waals surface area (Å²) in [5.41, 5.74) is 0.643. The van der Waals surface area contributed by atoms with Crippen molar-refractivity contribution >= 4 is 17.2 Å². The van der Waals surface area contributed by atoms with E-state index in [4.69, 9.17) is 0 Å². The molecule has 1 atom stereocenters. The monoisotopic (exact) mass is 332 g/mol. The van der Waals surface area contributed by atoms with Crippen molar-refractivity contribution in [3.05, 3.63) is 35.5 Å². The Labute approximate surface area is 137 Å². The fraction of sp³-hybridized carbons (Fsp3) is 0.438. The lowest BCUT2D eigenvalue weighted by Gasteiger charge is -2.44. The first-order valence-electron chi connectivity index (χ1n) is 7.79. The van der Waals surface area contributed by atoms with E-state index >= 15 is 0 Å². The number of aromatic nitrogens is 2. The van der Waals surface area contributed by atoms with Gasteiger partial charge in [-0.25, -0.2) is 9.37 Å². The molecule has 3 saturated heterocycles.